The number of aromatic nitrogens is 3. The number of aryl methyl sites for hydroxylation is 1. The van der Waals surface area contributed by atoms with E-state index in [1.54, 1.807) is 19.1 Å². The van der Waals surface area contributed by atoms with Gasteiger partial charge in [0.15, 0.2) is 0 Å². The highest BCUT2D eigenvalue weighted by Gasteiger charge is 2.17. The van der Waals surface area contributed by atoms with E-state index >= 15 is 0 Å². The molecule has 4 aromatic rings. The van der Waals surface area contributed by atoms with E-state index in [9.17, 15) is 8.42 Å². The molecule has 0 atom stereocenters. The van der Waals surface area contributed by atoms with Crippen molar-refractivity contribution in [2.45, 2.75) is 24.7 Å². The number of hydrogen-bond donors (Lipinski definition) is 1. The molecule has 7 nitrogen and oxygen atoms in total. The molecule has 8 heteroatoms. The normalized spacial score (nSPS) is 11.3. The summed E-state index contributed by atoms with van der Waals surface area (Å²) < 4.78 is 29.2. The van der Waals surface area contributed by atoms with Crippen LogP contribution in [0.2, 0.25) is 0 Å². The number of rotatable bonds is 8. The molecule has 0 fully saturated rings. The zero-order valence-electron chi connectivity index (χ0n) is 18.4. The standard InChI is InChI=1S/C25H24N4O3S/c1-18-13-14-20(15-22(18)33(30,31)32-2)17-24-27-23(16-19-9-5-3-6-10-19)28-25(29-24)26-21-11-7-4-8-12-21/h3-15H,16-17H2,1-2H3,(H,26,27,28,29). The average Bonchev–Trinajstić information content (AvgIpc) is 2.81. The minimum absolute atomic E-state index is 0.142. The Labute approximate surface area is 193 Å². The topological polar surface area (TPSA) is 94.1 Å². The third-order valence-corrected chi connectivity index (χ3v) is 6.48. The molecule has 0 bridgehead atoms. The van der Waals surface area contributed by atoms with Crippen molar-refractivity contribution in [2.75, 3.05) is 12.4 Å². The van der Waals surface area contributed by atoms with Crippen LogP contribution in [0, 0.1) is 6.92 Å². The van der Waals surface area contributed by atoms with Gasteiger partial charge in [-0.15, -0.1) is 0 Å². The zero-order valence-corrected chi connectivity index (χ0v) is 19.2. The van der Waals surface area contributed by atoms with Gasteiger partial charge in [0.1, 0.15) is 11.6 Å². The van der Waals surface area contributed by atoms with E-state index in [4.69, 9.17) is 4.18 Å². The molecule has 0 spiro atoms. The molecular formula is C25H24N4O3S. The van der Waals surface area contributed by atoms with E-state index in [1.807, 2.05) is 66.7 Å². The molecule has 0 aliphatic carbocycles. The summed E-state index contributed by atoms with van der Waals surface area (Å²) in [4.78, 5) is 14.0. The molecule has 4 rings (SSSR count). The summed E-state index contributed by atoms with van der Waals surface area (Å²) >= 11 is 0. The van der Waals surface area contributed by atoms with E-state index < -0.39 is 10.1 Å². The molecule has 0 aliphatic rings. The van der Waals surface area contributed by atoms with Crippen molar-refractivity contribution in [1.82, 2.24) is 15.0 Å². The van der Waals surface area contributed by atoms with Gasteiger partial charge in [0.25, 0.3) is 10.1 Å². The highest BCUT2D eigenvalue weighted by atomic mass is 32.2. The van der Waals surface area contributed by atoms with Crippen LogP contribution in [-0.2, 0) is 27.1 Å². The van der Waals surface area contributed by atoms with Crippen LogP contribution < -0.4 is 5.32 Å². The lowest BCUT2D eigenvalue weighted by atomic mass is 10.1. The summed E-state index contributed by atoms with van der Waals surface area (Å²) in [5.74, 6) is 1.61. The summed E-state index contributed by atoms with van der Waals surface area (Å²) in [5, 5.41) is 3.23. The van der Waals surface area contributed by atoms with Gasteiger partial charge < -0.3 is 5.32 Å². The van der Waals surface area contributed by atoms with Gasteiger partial charge in [0.2, 0.25) is 5.95 Å². The Hall–Kier alpha value is -3.62. The van der Waals surface area contributed by atoms with Gasteiger partial charge >= 0.3 is 0 Å². The van der Waals surface area contributed by atoms with Crippen LogP contribution in [0.25, 0.3) is 0 Å². The van der Waals surface area contributed by atoms with Crippen LogP contribution in [0.4, 0.5) is 11.6 Å². The van der Waals surface area contributed by atoms with Crippen molar-refractivity contribution in [1.29, 1.82) is 0 Å². The van der Waals surface area contributed by atoms with Gasteiger partial charge in [-0.3, -0.25) is 4.18 Å². The van der Waals surface area contributed by atoms with Gasteiger partial charge in [-0.05, 0) is 41.8 Å². The second-order valence-electron chi connectivity index (χ2n) is 7.54. The minimum Gasteiger partial charge on any atom is -0.324 e. The molecule has 0 saturated carbocycles. The highest BCUT2D eigenvalue weighted by Crippen LogP contribution is 2.21. The van der Waals surface area contributed by atoms with Crippen LogP contribution in [0.3, 0.4) is 0 Å². The molecule has 0 aliphatic heterocycles. The molecule has 1 aromatic heterocycles. The van der Waals surface area contributed by atoms with Crippen molar-refractivity contribution >= 4 is 21.8 Å². The predicted octanol–water partition coefficient (Wildman–Crippen LogP) is 4.44. The Morgan fingerprint density at radius 3 is 2.03 bits per heavy atom. The van der Waals surface area contributed by atoms with E-state index in [1.165, 1.54) is 0 Å². The first-order valence-electron chi connectivity index (χ1n) is 10.4. The van der Waals surface area contributed by atoms with Crippen molar-refractivity contribution < 1.29 is 12.6 Å². The predicted molar refractivity (Wildman–Crippen MR) is 127 cm³/mol. The van der Waals surface area contributed by atoms with Crippen LogP contribution in [0.15, 0.2) is 83.8 Å². The van der Waals surface area contributed by atoms with Crippen molar-refractivity contribution in [3.8, 4) is 0 Å². The number of para-hydroxylation sites is 1. The maximum atomic E-state index is 12.3. The van der Waals surface area contributed by atoms with E-state index in [2.05, 4.69) is 20.3 Å². The zero-order chi connectivity index (χ0) is 23.3. The number of anilines is 2. The van der Waals surface area contributed by atoms with Gasteiger partial charge in [-0.1, -0.05) is 60.7 Å². The molecule has 0 radical (unpaired) electrons. The van der Waals surface area contributed by atoms with E-state index in [0.29, 0.717) is 36.0 Å². The summed E-state index contributed by atoms with van der Waals surface area (Å²) in [5.41, 5.74) is 3.33. The lowest BCUT2D eigenvalue weighted by Crippen LogP contribution is -2.10. The van der Waals surface area contributed by atoms with Gasteiger partial charge in [-0.2, -0.15) is 18.4 Å². The Morgan fingerprint density at radius 1 is 0.788 bits per heavy atom. The van der Waals surface area contributed by atoms with E-state index in [0.717, 1.165) is 23.9 Å². The minimum atomic E-state index is -3.81. The number of nitrogens with one attached hydrogen (secondary N) is 1. The molecule has 3 aromatic carbocycles. The van der Waals surface area contributed by atoms with Gasteiger partial charge in [-0.25, -0.2) is 4.98 Å². The fourth-order valence-electron chi connectivity index (χ4n) is 3.41. The summed E-state index contributed by atoms with van der Waals surface area (Å²) in [6, 6.07) is 24.9. The maximum Gasteiger partial charge on any atom is 0.296 e. The molecule has 1 heterocycles. The first-order chi connectivity index (χ1) is 15.9. The molecule has 33 heavy (non-hydrogen) atoms. The molecule has 0 amide bonds. The smallest absolute Gasteiger partial charge is 0.296 e. The maximum absolute atomic E-state index is 12.3. The molecule has 1 N–H and O–H groups in total. The van der Waals surface area contributed by atoms with Crippen LogP contribution >= 0.6 is 0 Å². The second kappa shape index (κ2) is 9.89. The monoisotopic (exact) mass is 460 g/mol. The highest BCUT2D eigenvalue weighted by molar-refractivity contribution is 7.86. The largest absolute Gasteiger partial charge is 0.324 e. The van der Waals surface area contributed by atoms with Crippen LogP contribution in [0.5, 0.6) is 0 Å². The van der Waals surface area contributed by atoms with Gasteiger partial charge in [0.05, 0.1) is 12.0 Å². The van der Waals surface area contributed by atoms with Crippen LogP contribution in [0.1, 0.15) is 28.3 Å². The quantitative estimate of drug-likeness (QED) is 0.389. The van der Waals surface area contributed by atoms with E-state index in [-0.39, 0.29) is 4.90 Å². The first kappa shape index (κ1) is 22.6. The first-order valence-corrected chi connectivity index (χ1v) is 11.8. The number of benzene rings is 3. The Kier molecular flexibility index (Phi) is 6.76. The van der Waals surface area contributed by atoms with Crippen molar-refractivity contribution in [3.63, 3.8) is 0 Å². The molecule has 168 valence electrons. The lowest BCUT2D eigenvalue weighted by Gasteiger charge is -2.11. The third-order valence-electron chi connectivity index (χ3n) is 5.07. The SMILES string of the molecule is COS(=O)(=O)c1cc(Cc2nc(Cc3ccccc3)nc(Nc3ccccc3)n2)ccc1C. The summed E-state index contributed by atoms with van der Waals surface area (Å²) in [6.07, 6.45) is 0.900. The van der Waals surface area contributed by atoms with Crippen LogP contribution in [-0.4, -0.2) is 30.5 Å². The summed E-state index contributed by atoms with van der Waals surface area (Å²) in [7, 11) is -2.65. The van der Waals surface area contributed by atoms with Crippen molar-refractivity contribution in [3.05, 3.63) is 107 Å². The number of nitrogens with zero attached hydrogens (tertiary/aromatic N) is 3. The second-order valence-corrected chi connectivity index (χ2v) is 9.22. The summed E-state index contributed by atoms with van der Waals surface area (Å²) in [6.45, 7) is 1.73. The van der Waals surface area contributed by atoms with Crippen molar-refractivity contribution in [2.24, 2.45) is 0 Å². The fraction of sp³-hybridized carbons (Fsp3) is 0.160. The Balaban J connectivity index is 1.69. The Bertz CT molecular complexity index is 1290. The molecule has 0 unspecified atom stereocenters. The number of hydrogen-bond acceptors (Lipinski definition) is 7. The Morgan fingerprint density at radius 2 is 1.39 bits per heavy atom. The lowest BCUT2D eigenvalue weighted by molar-refractivity contribution is 0.397. The van der Waals surface area contributed by atoms with Gasteiger partial charge in [0, 0.05) is 18.5 Å². The average molecular weight is 461 g/mol. The molecular weight excluding hydrogens is 436 g/mol. The fourth-order valence-corrected chi connectivity index (χ4v) is 4.35. The third kappa shape index (κ3) is 5.79. The molecule has 0 saturated heterocycles.